The minimum absolute atomic E-state index is 0.436. The van der Waals surface area contributed by atoms with Gasteiger partial charge in [0.25, 0.3) is 5.91 Å². The molecule has 0 radical (unpaired) electrons. The van der Waals surface area contributed by atoms with Crippen LogP contribution in [0.1, 0.15) is 0 Å². The second-order valence-electron chi connectivity index (χ2n) is 1.64. The van der Waals surface area contributed by atoms with Gasteiger partial charge in [-0.3, -0.25) is 4.79 Å². The molecular formula is C3H5N3OS2. The van der Waals surface area contributed by atoms with Gasteiger partial charge in [0.05, 0.1) is 5.75 Å². The zero-order valence-electron chi connectivity index (χ0n) is 4.44. The molecule has 0 aromatic carbocycles. The van der Waals surface area contributed by atoms with Crippen LogP contribution in [0, 0.1) is 0 Å². The Bertz CT molecular complexity index is 170. The van der Waals surface area contributed by atoms with E-state index in [0.717, 1.165) is 0 Å². The summed E-state index contributed by atoms with van der Waals surface area (Å²) in [7, 11) is 0. The van der Waals surface area contributed by atoms with E-state index in [1.165, 1.54) is 11.9 Å². The van der Waals surface area contributed by atoms with Crippen molar-refractivity contribution in [3.05, 3.63) is 0 Å². The third-order valence-corrected chi connectivity index (χ3v) is 2.35. The van der Waals surface area contributed by atoms with E-state index in [0.29, 0.717) is 5.75 Å². The number of nitrogens with zero attached hydrogens (tertiary/aromatic N) is 2. The van der Waals surface area contributed by atoms with E-state index in [1.54, 1.807) is 0 Å². The van der Waals surface area contributed by atoms with Gasteiger partial charge in [-0.25, -0.2) is 0 Å². The first-order chi connectivity index (χ1) is 4.15. The van der Waals surface area contributed by atoms with Crippen molar-refractivity contribution >= 4 is 30.5 Å². The van der Waals surface area contributed by atoms with Crippen LogP contribution in [0.3, 0.4) is 0 Å². The normalized spacial score (nSPS) is 33.0. The highest BCUT2D eigenvalue weighted by molar-refractivity contribution is 7.99. The molecule has 1 aliphatic heterocycles. The zero-order valence-corrected chi connectivity index (χ0v) is 6.15. The maximum atomic E-state index is 10.5. The van der Waals surface area contributed by atoms with Crippen LogP contribution < -0.4 is 5.73 Å². The number of primary amides is 1. The highest BCUT2D eigenvalue weighted by Gasteiger charge is 2.36. The van der Waals surface area contributed by atoms with Crippen LogP contribution in [0.2, 0.25) is 0 Å². The van der Waals surface area contributed by atoms with E-state index in [2.05, 4.69) is 22.3 Å². The second-order valence-corrected chi connectivity index (χ2v) is 3.09. The first-order valence-corrected chi connectivity index (χ1v) is 3.60. The molecule has 9 heavy (non-hydrogen) atoms. The Balaban J connectivity index is 2.74. The Hall–Kier alpha value is -0.230. The maximum Gasteiger partial charge on any atom is 0.258 e. The Morgan fingerprint density at radius 2 is 2.56 bits per heavy atom. The summed E-state index contributed by atoms with van der Waals surface area (Å²) < 4.78 is 3.52. The van der Waals surface area contributed by atoms with Crippen LogP contribution in [0.4, 0.5) is 0 Å². The number of thiol groups is 1. The summed E-state index contributed by atoms with van der Waals surface area (Å²) in [6, 6.07) is 0. The average Bonchev–Trinajstić information content (AvgIpc) is 2.16. The van der Waals surface area contributed by atoms with E-state index in [1.807, 2.05) is 0 Å². The van der Waals surface area contributed by atoms with Crippen LogP contribution in [0.15, 0.2) is 9.63 Å². The van der Waals surface area contributed by atoms with Crippen LogP contribution in [0.25, 0.3) is 0 Å². The Morgan fingerprint density at radius 3 is 2.78 bits per heavy atom. The monoisotopic (exact) mass is 163 g/mol. The van der Waals surface area contributed by atoms with Gasteiger partial charge >= 0.3 is 0 Å². The molecule has 2 N–H and O–H groups in total. The third kappa shape index (κ3) is 1.19. The molecule has 0 aliphatic carbocycles. The summed E-state index contributed by atoms with van der Waals surface area (Å²) >= 11 is 5.11. The fraction of sp³-hybridized carbons (Fsp3) is 0.667. The molecular weight excluding hydrogens is 158 g/mol. The minimum atomic E-state index is -1.05. The number of hydrogen-bond donors (Lipinski definition) is 2. The van der Waals surface area contributed by atoms with Gasteiger partial charge in [-0.1, -0.05) is 0 Å². The van der Waals surface area contributed by atoms with E-state index < -0.39 is 10.8 Å². The first kappa shape index (κ1) is 6.88. The standard InChI is InChI=1S/C3H5N3OS2/c4-2(7)3(8)1-9-6-5-3/h8H,1H2,(H2,4,7). The molecule has 1 heterocycles. The quantitative estimate of drug-likeness (QED) is 0.428. The maximum absolute atomic E-state index is 10.5. The average molecular weight is 163 g/mol. The highest BCUT2D eigenvalue weighted by atomic mass is 32.2. The summed E-state index contributed by atoms with van der Waals surface area (Å²) in [5.41, 5.74) is 4.95. The van der Waals surface area contributed by atoms with Gasteiger partial charge in [0, 0.05) is 11.9 Å². The molecule has 0 fully saturated rings. The lowest BCUT2D eigenvalue weighted by molar-refractivity contribution is -0.119. The first-order valence-electron chi connectivity index (χ1n) is 2.21. The number of nitrogens with two attached hydrogens (primary N) is 1. The topological polar surface area (TPSA) is 67.8 Å². The van der Waals surface area contributed by atoms with Gasteiger partial charge in [-0.05, 0) is 0 Å². The molecule has 0 aromatic rings. The minimum Gasteiger partial charge on any atom is -0.367 e. The Morgan fingerprint density at radius 1 is 1.89 bits per heavy atom. The fourth-order valence-electron chi connectivity index (χ4n) is 0.365. The molecule has 0 saturated heterocycles. The summed E-state index contributed by atoms with van der Waals surface area (Å²) in [6.45, 7) is 0. The highest BCUT2D eigenvalue weighted by Crippen LogP contribution is 2.30. The molecule has 0 saturated carbocycles. The van der Waals surface area contributed by atoms with Crippen molar-refractivity contribution in [2.45, 2.75) is 4.87 Å². The lowest BCUT2D eigenvalue weighted by Gasteiger charge is -2.09. The number of hydrogen-bond acceptors (Lipinski definition) is 5. The van der Waals surface area contributed by atoms with Gasteiger partial charge in [0.1, 0.15) is 0 Å². The molecule has 1 atom stereocenters. The van der Waals surface area contributed by atoms with Gasteiger partial charge in [0.2, 0.25) is 4.87 Å². The van der Waals surface area contributed by atoms with Crippen molar-refractivity contribution < 1.29 is 4.79 Å². The Kier molecular flexibility index (Phi) is 1.67. The van der Waals surface area contributed by atoms with Crippen molar-refractivity contribution in [3.8, 4) is 0 Å². The molecule has 1 unspecified atom stereocenters. The largest absolute Gasteiger partial charge is 0.367 e. The van der Waals surface area contributed by atoms with E-state index in [9.17, 15) is 4.79 Å². The van der Waals surface area contributed by atoms with Crippen LogP contribution in [-0.4, -0.2) is 16.5 Å². The van der Waals surface area contributed by atoms with Gasteiger partial charge < -0.3 is 5.73 Å². The number of carbonyl (C=O) groups excluding carboxylic acids is 1. The van der Waals surface area contributed by atoms with Crippen LogP contribution in [-0.2, 0) is 4.79 Å². The second kappa shape index (κ2) is 2.18. The summed E-state index contributed by atoms with van der Waals surface area (Å²) in [4.78, 5) is 9.45. The molecule has 4 nitrogen and oxygen atoms in total. The predicted molar refractivity (Wildman–Crippen MR) is 38.2 cm³/mol. The molecule has 0 aromatic heterocycles. The lowest BCUT2D eigenvalue weighted by atomic mass is 10.3. The smallest absolute Gasteiger partial charge is 0.258 e. The molecule has 0 spiro atoms. The lowest BCUT2D eigenvalue weighted by Crippen LogP contribution is -2.37. The summed E-state index contributed by atoms with van der Waals surface area (Å²) in [5, 5.41) is 3.54. The van der Waals surface area contributed by atoms with Crippen molar-refractivity contribution in [2.24, 2.45) is 15.4 Å². The van der Waals surface area contributed by atoms with Crippen molar-refractivity contribution in [3.63, 3.8) is 0 Å². The van der Waals surface area contributed by atoms with Crippen LogP contribution >= 0.6 is 24.6 Å². The van der Waals surface area contributed by atoms with Crippen LogP contribution in [0.5, 0.6) is 0 Å². The van der Waals surface area contributed by atoms with E-state index >= 15 is 0 Å². The van der Waals surface area contributed by atoms with Gasteiger partial charge in [0.15, 0.2) is 0 Å². The number of carbonyl (C=O) groups is 1. The van der Waals surface area contributed by atoms with Crippen molar-refractivity contribution in [1.29, 1.82) is 0 Å². The number of amides is 1. The molecule has 50 valence electrons. The molecule has 0 bridgehead atoms. The zero-order chi connectivity index (χ0) is 6.91. The summed E-state index contributed by atoms with van der Waals surface area (Å²) in [5.74, 6) is -0.106. The number of rotatable bonds is 1. The van der Waals surface area contributed by atoms with Gasteiger partial charge in [-0.15, -0.1) is 17.1 Å². The molecule has 1 rings (SSSR count). The van der Waals surface area contributed by atoms with Crippen molar-refractivity contribution in [1.82, 2.24) is 0 Å². The summed E-state index contributed by atoms with van der Waals surface area (Å²) in [6.07, 6.45) is 0. The molecule has 1 aliphatic rings. The predicted octanol–water partition coefficient (Wildman–Crippen LogP) is 0.212. The molecule has 1 amide bonds. The molecule has 6 heteroatoms. The fourth-order valence-corrected chi connectivity index (χ4v) is 1.28. The van der Waals surface area contributed by atoms with E-state index in [4.69, 9.17) is 5.73 Å². The third-order valence-electron chi connectivity index (χ3n) is 0.924. The Labute approximate surface area is 61.8 Å². The van der Waals surface area contributed by atoms with Gasteiger partial charge in [-0.2, -0.15) is 5.11 Å². The van der Waals surface area contributed by atoms with Crippen molar-refractivity contribution in [2.75, 3.05) is 5.75 Å². The SMILES string of the molecule is NC(=O)C1(S)CSN=N1. The van der Waals surface area contributed by atoms with E-state index in [-0.39, 0.29) is 0 Å².